The Kier molecular flexibility index (Phi) is 10.5. The van der Waals surface area contributed by atoms with E-state index in [1.54, 1.807) is 6.20 Å². The van der Waals surface area contributed by atoms with Crippen LogP contribution in [0.3, 0.4) is 0 Å². The number of nitrogens with two attached hydrogens (primary N) is 1. The Hall–Kier alpha value is -3.84. The number of hydrogen-bond acceptors (Lipinski definition) is 7. The molecule has 12 nitrogen and oxygen atoms in total. The normalized spacial score (nSPS) is 14.4. The standard InChI is InChI=1S/C26H35N7O5S/c1-14(2)7-22(26(37)38)33-24(35)20(8-15-10-29-19-6-4-3-5-17(15)19)32-25(36)21(9-16-11-28-13-30-16)31-23(34)18(27)12-39/h3-6,10-11,13-14,18,20-22,29,39H,7-9,12,27H2,1-2H3,(H,28,30)(H,31,34)(H,32,36)(H,33,35)(H,37,38). The summed E-state index contributed by atoms with van der Waals surface area (Å²) in [6.07, 6.45) is 5.06. The highest BCUT2D eigenvalue weighted by Gasteiger charge is 2.31. The molecule has 0 saturated heterocycles. The number of nitrogens with one attached hydrogen (secondary N) is 5. The molecule has 0 aliphatic rings. The molecule has 0 saturated carbocycles. The zero-order chi connectivity index (χ0) is 28.5. The number of carbonyl (C=O) groups excluding carboxylic acids is 3. The van der Waals surface area contributed by atoms with Gasteiger partial charge in [0.25, 0.3) is 0 Å². The van der Waals surface area contributed by atoms with Crippen LogP contribution in [0.15, 0.2) is 43.0 Å². The highest BCUT2D eigenvalue weighted by Crippen LogP contribution is 2.19. The minimum absolute atomic E-state index is 0.0121. The number of nitrogens with zero attached hydrogens (tertiary/aromatic N) is 1. The SMILES string of the molecule is CC(C)CC(NC(=O)C(Cc1c[nH]c2ccccc12)NC(=O)C(Cc1cnc[nH]1)NC(=O)C(N)CS)C(=O)O. The number of benzene rings is 1. The van der Waals surface area contributed by atoms with Crippen LogP contribution in [0, 0.1) is 5.92 Å². The van der Waals surface area contributed by atoms with Gasteiger partial charge < -0.3 is 36.8 Å². The molecular weight excluding hydrogens is 522 g/mol. The molecule has 0 aliphatic carbocycles. The molecule has 2 aromatic heterocycles. The molecule has 4 unspecified atom stereocenters. The number of para-hydroxylation sites is 1. The van der Waals surface area contributed by atoms with Crippen molar-refractivity contribution in [2.45, 2.75) is 57.3 Å². The van der Waals surface area contributed by atoms with E-state index in [4.69, 9.17) is 5.73 Å². The number of fused-ring (bicyclic) bond motifs is 1. The maximum Gasteiger partial charge on any atom is 0.326 e. The zero-order valence-electron chi connectivity index (χ0n) is 21.8. The lowest BCUT2D eigenvalue weighted by molar-refractivity contribution is -0.142. The van der Waals surface area contributed by atoms with Crippen LogP contribution in [0.4, 0.5) is 0 Å². The van der Waals surface area contributed by atoms with E-state index in [1.165, 1.54) is 12.5 Å². The number of H-pyrrole nitrogens is 2. The number of carbonyl (C=O) groups is 4. The summed E-state index contributed by atoms with van der Waals surface area (Å²) in [5.74, 6) is -2.95. The number of aromatic nitrogens is 3. The number of hydrogen-bond donors (Lipinski definition) is 8. The molecule has 2 heterocycles. The molecule has 4 atom stereocenters. The second-order valence-corrected chi connectivity index (χ2v) is 10.2. The van der Waals surface area contributed by atoms with Gasteiger partial charge in [0.15, 0.2) is 0 Å². The molecule has 1 aromatic carbocycles. The van der Waals surface area contributed by atoms with Crippen LogP contribution in [0.5, 0.6) is 0 Å². The number of carboxylic acids is 1. The Morgan fingerprint density at radius 1 is 0.974 bits per heavy atom. The summed E-state index contributed by atoms with van der Waals surface area (Å²) in [6.45, 7) is 3.71. The van der Waals surface area contributed by atoms with Crippen molar-refractivity contribution in [3.8, 4) is 0 Å². The summed E-state index contributed by atoms with van der Waals surface area (Å²) in [5.41, 5.74) is 7.98. The van der Waals surface area contributed by atoms with Crippen molar-refractivity contribution in [1.82, 2.24) is 30.9 Å². The highest BCUT2D eigenvalue weighted by molar-refractivity contribution is 7.80. The largest absolute Gasteiger partial charge is 0.480 e. The van der Waals surface area contributed by atoms with Gasteiger partial charge in [-0.1, -0.05) is 32.0 Å². The molecule has 0 aliphatic heterocycles. The van der Waals surface area contributed by atoms with Gasteiger partial charge in [-0.3, -0.25) is 14.4 Å². The topological polar surface area (TPSA) is 195 Å². The van der Waals surface area contributed by atoms with Gasteiger partial charge >= 0.3 is 5.97 Å². The second-order valence-electron chi connectivity index (χ2n) is 9.78. The van der Waals surface area contributed by atoms with Gasteiger partial charge in [0.05, 0.1) is 12.4 Å². The molecule has 3 aromatic rings. The van der Waals surface area contributed by atoms with Gasteiger partial charge in [-0.05, 0) is 24.0 Å². The summed E-state index contributed by atoms with van der Waals surface area (Å²) in [7, 11) is 0. The first kappa shape index (κ1) is 29.7. The van der Waals surface area contributed by atoms with E-state index in [9.17, 15) is 24.3 Å². The number of imidazole rings is 1. The van der Waals surface area contributed by atoms with Crippen molar-refractivity contribution in [2.24, 2.45) is 11.7 Å². The smallest absolute Gasteiger partial charge is 0.326 e. The lowest BCUT2D eigenvalue weighted by Gasteiger charge is -2.25. The first-order valence-electron chi connectivity index (χ1n) is 12.6. The summed E-state index contributed by atoms with van der Waals surface area (Å²) in [4.78, 5) is 61.2. The van der Waals surface area contributed by atoms with Crippen LogP contribution in [0.1, 0.15) is 31.5 Å². The fourth-order valence-electron chi connectivity index (χ4n) is 4.15. The maximum atomic E-state index is 13.5. The lowest BCUT2D eigenvalue weighted by Crippen LogP contribution is -2.58. The molecule has 13 heteroatoms. The Morgan fingerprint density at radius 2 is 1.62 bits per heavy atom. The van der Waals surface area contributed by atoms with Gasteiger partial charge in [0.2, 0.25) is 17.7 Å². The Labute approximate surface area is 231 Å². The van der Waals surface area contributed by atoms with E-state index in [0.29, 0.717) is 5.69 Å². The summed E-state index contributed by atoms with van der Waals surface area (Å²) >= 11 is 4.04. The summed E-state index contributed by atoms with van der Waals surface area (Å²) in [5, 5.41) is 18.4. The first-order chi connectivity index (χ1) is 18.6. The van der Waals surface area contributed by atoms with Gasteiger partial charge in [0, 0.05) is 47.6 Å². The second kappa shape index (κ2) is 13.8. The maximum absolute atomic E-state index is 13.5. The van der Waals surface area contributed by atoms with Crippen LogP contribution < -0.4 is 21.7 Å². The summed E-state index contributed by atoms with van der Waals surface area (Å²) in [6, 6.07) is 3.20. The zero-order valence-corrected chi connectivity index (χ0v) is 22.7. The van der Waals surface area contributed by atoms with Crippen LogP contribution in [0.2, 0.25) is 0 Å². The minimum Gasteiger partial charge on any atom is -0.480 e. The molecule has 8 N–H and O–H groups in total. The highest BCUT2D eigenvalue weighted by atomic mass is 32.1. The van der Waals surface area contributed by atoms with Crippen molar-refractivity contribution < 1.29 is 24.3 Å². The Bertz CT molecular complexity index is 1280. The Morgan fingerprint density at radius 3 is 2.23 bits per heavy atom. The molecule has 0 radical (unpaired) electrons. The van der Waals surface area contributed by atoms with Crippen molar-refractivity contribution in [2.75, 3.05) is 5.75 Å². The monoisotopic (exact) mass is 557 g/mol. The molecular formula is C26H35N7O5S. The van der Waals surface area contributed by atoms with Crippen LogP contribution in [-0.2, 0) is 32.0 Å². The minimum atomic E-state index is -1.17. The number of aliphatic carboxylic acids is 1. The number of thiol groups is 1. The number of aromatic amines is 2. The van der Waals surface area contributed by atoms with Gasteiger partial charge in [0.1, 0.15) is 18.1 Å². The third-order valence-corrected chi connectivity index (χ3v) is 6.59. The average Bonchev–Trinajstić information content (AvgIpc) is 3.56. The molecule has 0 spiro atoms. The Balaban J connectivity index is 1.88. The number of carboxylic acid groups (broad SMARTS) is 1. The molecule has 3 rings (SSSR count). The van der Waals surface area contributed by atoms with Crippen LogP contribution in [-0.4, -0.2) is 73.7 Å². The molecule has 210 valence electrons. The van der Waals surface area contributed by atoms with Crippen molar-refractivity contribution in [3.63, 3.8) is 0 Å². The average molecular weight is 558 g/mol. The fraction of sp³-hybridized carbons (Fsp3) is 0.423. The van der Waals surface area contributed by atoms with E-state index in [0.717, 1.165) is 16.5 Å². The molecule has 39 heavy (non-hydrogen) atoms. The van der Waals surface area contributed by atoms with Gasteiger partial charge in [-0.2, -0.15) is 12.6 Å². The first-order valence-corrected chi connectivity index (χ1v) is 13.2. The van der Waals surface area contributed by atoms with E-state index in [2.05, 4.69) is 43.5 Å². The number of rotatable bonds is 14. The third kappa shape index (κ3) is 8.32. The van der Waals surface area contributed by atoms with Crippen LogP contribution >= 0.6 is 12.6 Å². The molecule has 3 amide bonds. The number of amides is 3. The van der Waals surface area contributed by atoms with E-state index in [-0.39, 0.29) is 30.9 Å². The van der Waals surface area contributed by atoms with E-state index < -0.39 is 47.9 Å². The molecule has 0 bridgehead atoms. The van der Waals surface area contributed by atoms with Crippen molar-refractivity contribution in [1.29, 1.82) is 0 Å². The van der Waals surface area contributed by atoms with Crippen LogP contribution in [0.25, 0.3) is 10.9 Å². The third-order valence-electron chi connectivity index (χ3n) is 6.20. The molecule has 0 fully saturated rings. The predicted molar refractivity (Wildman–Crippen MR) is 149 cm³/mol. The fourth-order valence-corrected chi connectivity index (χ4v) is 4.32. The van der Waals surface area contributed by atoms with E-state index in [1.807, 2.05) is 38.1 Å². The summed E-state index contributed by atoms with van der Waals surface area (Å²) < 4.78 is 0. The van der Waals surface area contributed by atoms with Gasteiger partial charge in [-0.15, -0.1) is 0 Å². The predicted octanol–water partition coefficient (Wildman–Crippen LogP) is 0.518. The quantitative estimate of drug-likeness (QED) is 0.132. The van der Waals surface area contributed by atoms with E-state index >= 15 is 0 Å². The van der Waals surface area contributed by atoms with Gasteiger partial charge in [-0.25, -0.2) is 9.78 Å². The van der Waals surface area contributed by atoms with Crippen molar-refractivity contribution in [3.05, 3.63) is 54.2 Å². The lowest BCUT2D eigenvalue weighted by atomic mass is 10.0. The van der Waals surface area contributed by atoms with Crippen molar-refractivity contribution >= 4 is 47.2 Å².